The third kappa shape index (κ3) is 5.67. The number of hydrogen-bond donors (Lipinski definition) is 3. The van der Waals surface area contributed by atoms with Gasteiger partial charge in [0.2, 0.25) is 0 Å². The summed E-state index contributed by atoms with van der Waals surface area (Å²) < 4.78 is 16.1. The van der Waals surface area contributed by atoms with Crippen LogP contribution in [-0.2, 0) is 12.8 Å². The van der Waals surface area contributed by atoms with Crippen LogP contribution in [0.4, 0.5) is 0 Å². The molecule has 1 aliphatic carbocycles. The molecule has 0 radical (unpaired) electrons. The minimum Gasteiger partial charge on any atom is -0.493 e. The molecule has 7 heteroatoms. The number of ether oxygens (including phenoxy) is 2. The number of fused-ring (bicyclic) bond motifs is 1. The van der Waals surface area contributed by atoms with Crippen molar-refractivity contribution in [2.24, 2.45) is 5.73 Å². The summed E-state index contributed by atoms with van der Waals surface area (Å²) in [6.07, 6.45) is 8.55. The molecule has 4 N–H and O–H groups in total. The van der Waals surface area contributed by atoms with Crippen molar-refractivity contribution in [1.29, 1.82) is 0 Å². The Balaban J connectivity index is 1.37. The van der Waals surface area contributed by atoms with Crippen molar-refractivity contribution in [2.45, 2.75) is 63.3 Å². The van der Waals surface area contributed by atoms with E-state index in [0.717, 1.165) is 56.7 Å². The highest BCUT2D eigenvalue weighted by atomic mass is 16.5. The van der Waals surface area contributed by atoms with Gasteiger partial charge in [-0.15, -0.1) is 0 Å². The first-order valence-electron chi connectivity index (χ1n) is 11.0. The molecule has 2 atom stereocenters. The van der Waals surface area contributed by atoms with Gasteiger partial charge in [-0.2, -0.15) is 0 Å². The van der Waals surface area contributed by atoms with Crippen LogP contribution in [0.25, 0.3) is 0 Å². The highest BCUT2D eigenvalue weighted by Crippen LogP contribution is 2.43. The van der Waals surface area contributed by atoms with E-state index in [0.29, 0.717) is 11.7 Å². The van der Waals surface area contributed by atoms with E-state index in [4.69, 9.17) is 24.8 Å². The summed E-state index contributed by atoms with van der Waals surface area (Å²) in [6, 6.07) is 5.96. The normalized spacial score (nSPS) is 18.2. The second-order valence-corrected chi connectivity index (χ2v) is 8.03. The molecule has 1 aromatic heterocycles. The molecule has 0 bridgehead atoms. The van der Waals surface area contributed by atoms with Crippen LogP contribution in [0.1, 0.15) is 61.3 Å². The fourth-order valence-corrected chi connectivity index (χ4v) is 4.45. The Morgan fingerprint density at radius 3 is 2.73 bits per heavy atom. The van der Waals surface area contributed by atoms with Gasteiger partial charge in [-0.25, -0.2) is 0 Å². The molecule has 0 saturated carbocycles. The Bertz CT molecular complexity index is 793. The Kier molecular flexibility index (Phi) is 8.39. The smallest absolute Gasteiger partial charge is 0.251 e. The van der Waals surface area contributed by atoms with E-state index in [1.165, 1.54) is 30.4 Å². The average molecular weight is 418 g/mol. The summed E-state index contributed by atoms with van der Waals surface area (Å²) in [5.74, 6) is 2.72. The highest BCUT2D eigenvalue weighted by Gasteiger charge is 2.29. The minimum absolute atomic E-state index is 0.0529. The number of aromatic hydroxyl groups is 1. The maximum Gasteiger partial charge on any atom is 0.251 e. The monoisotopic (exact) mass is 417 g/mol. The van der Waals surface area contributed by atoms with Crippen LogP contribution < -0.4 is 20.5 Å². The number of benzene rings is 1. The topological polar surface area (TPSA) is 103 Å². The molecule has 0 fully saturated rings. The number of nitrogens with two attached hydrogens (primary N) is 1. The predicted molar refractivity (Wildman–Crippen MR) is 116 cm³/mol. The molecule has 0 saturated heterocycles. The Morgan fingerprint density at radius 1 is 1.17 bits per heavy atom. The number of unbranched alkanes of at least 4 members (excludes halogenated alkanes) is 3. The van der Waals surface area contributed by atoms with Gasteiger partial charge in [0, 0.05) is 30.6 Å². The van der Waals surface area contributed by atoms with Crippen LogP contribution in [0, 0.1) is 0 Å². The first-order valence-corrected chi connectivity index (χ1v) is 11.0. The molecule has 7 nitrogen and oxygen atoms in total. The van der Waals surface area contributed by atoms with Crippen molar-refractivity contribution in [3.05, 3.63) is 35.1 Å². The van der Waals surface area contributed by atoms with E-state index in [9.17, 15) is 0 Å². The van der Waals surface area contributed by atoms with E-state index in [2.05, 4.69) is 16.5 Å². The minimum atomic E-state index is -0.0529. The lowest BCUT2D eigenvalue weighted by atomic mass is 9.76. The Hall–Kier alpha value is -2.25. The number of rotatable bonds is 12. The molecule has 2 unspecified atom stereocenters. The highest BCUT2D eigenvalue weighted by molar-refractivity contribution is 5.53. The second-order valence-electron chi connectivity index (χ2n) is 8.03. The van der Waals surface area contributed by atoms with Crippen molar-refractivity contribution in [3.8, 4) is 17.4 Å². The van der Waals surface area contributed by atoms with Crippen LogP contribution in [0.2, 0.25) is 0 Å². The first kappa shape index (κ1) is 22.4. The van der Waals surface area contributed by atoms with Gasteiger partial charge in [0.25, 0.3) is 5.88 Å². The molecule has 0 amide bonds. The number of methoxy groups -OCH3 is 2. The number of nitrogens with one attached hydrogen (secondary N) is 1. The molecular formula is C23H35N3O4. The van der Waals surface area contributed by atoms with Gasteiger partial charge in [0.05, 0.1) is 14.2 Å². The van der Waals surface area contributed by atoms with Crippen molar-refractivity contribution < 1.29 is 19.1 Å². The van der Waals surface area contributed by atoms with Crippen LogP contribution >= 0.6 is 0 Å². The molecule has 0 aliphatic heterocycles. The molecule has 2 aromatic rings. The molecule has 30 heavy (non-hydrogen) atoms. The number of aromatic nitrogens is 1. The first-order chi connectivity index (χ1) is 14.6. The summed E-state index contributed by atoms with van der Waals surface area (Å²) in [5.41, 5.74) is 9.10. The SMILES string of the molecule is COc1ccc2c(c1OC)CCC(N)C2CCCCCCNCCc1cc(O)no1. The van der Waals surface area contributed by atoms with E-state index in [1.807, 2.05) is 6.07 Å². The van der Waals surface area contributed by atoms with Crippen molar-refractivity contribution in [3.63, 3.8) is 0 Å². The molecule has 0 spiro atoms. The second kappa shape index (κ2) is 11.2. The van der Waals surface area contributed by atoms with Crippen LogP contribution in [0.15, 0.2) is 22.7 Å². The standard InChI is InChI=1S/C23H35N3O4/c1-28-21-11-9-17-18(20(24)10-8-19(17)23(21)29-2)7-5-3-4-6-13-25-14-12-16-15-22(27)26-30-16/h9,11,15,18,20,25H,3-8,10,12-14,24H2,1-2H3,(H,26,27). The van der Waals surface area contributed by atoms with Gasteiger partial charge in [-0.3, -0.25) is 0 Å². The third-order valence-electron chi connectivity index (χ3n) is 6.04. The quantitative estimate of drug-likeness (QED) is 0.454. The summed E-state index contributed by atoms with van der Waals surface area (Å²) in [5, 5.41) is 16.0. The zero-order chi connectivity index (χ0) is 21.3. The van der Waals surface area contributed by atoms with Crippen molar-refractivity contribution in [1.82, 2.24) is 10.5 Å². The molecule has 166 valence electrons. The molecule has 1 aliphatic rings. The van der Waals surface area contributed by atoms with E-state index in [-0.39, 0.29) is 11.9 Å². The molecule has 1 heterocycles. The average Bonchev–Trinajstić information content (AvgIpc) is 3.17. The van der Waals surface area contributed by atoms with Gasteiger partial charge in [0.15, 0.2) is 11.5 Å². The van der Waals surface area contributed by atoms with Crippen molar-refractivity contribution in [2.75, 3.05) is 27.3 Å². The summed E-state index contributed by atoms with van der Waals surface area (Å²) in [4.78, 5) is 0. The van der Waals surface area contributed by atoms with E-state index in [1.54, 1.807) is 20.3 Å². The lowest BCUT2D eigenvalue weighted by Crippen LogP contribution is -2.33. The molecule has 3 rings (SSSR count). The maximum absolute atomic E-state index is 9.15. The molecule has 1 aromatic carbocycles. The van der Waals surface area contributed by atoms with Crippen molar-refractivity contribution >= 4 is 0 Å². The van der Waals surface area contributed by atoms with Gasteiger partial charge in [0.1, 0.15) is 5.76 Å². The van der Waals surface area contributed by atoms with Gasteiger partial charge in [-0.1, -0.05) is 25.3 Å². The van der Waals surface area contributed by atoms with E-state index < -0.39 is 0 Å². The van der Waals surface area contributed by atoms with Crippen LogP contribution in [0.3, 0.4) is 0 Å². The van der Waals surface area contributed by atoms with Gasteiger partial charge >= 0.3 is 0 Å². The molecular weight excluding hydrogens is 382 g/mol. The zero-order valence-electron chi connectivity index (χ0n) is 18.2. The largest absolute Gasteiger partial charge is 0.493 e. The Labute approximate surface area is 178 Å². The summed E-state index contributed by atoms with van der Waals surface area (Å²) in [6.45, 7) is 1.82. The van der Waals surface area contributed by atoms with E-state index >= 15 is 0 Å². The fraction of sp³-hybridized carbons (Fsp3) is 0.609. The van der Waals surface area contributed by atoms with Gasteiger partial charge in [-0.05, 0) is 54.9 Å². The third-order valence-corrected chi connectivity index (χ3v) is 6.04. The zero-order valence-corrected chi connectivity index (χ0v) is 18.2. The van der Waals surface area contributed by atoms with Crippen LogP contribution in [0.5, 0.6) is 17.4 Å². The summed E-state index contributed by atoms with van der Waals surface area (Å²) in [7, 11) is 3.40. The van der Waals surface area contributed by atoms with Gasteiger partial charge < -0.3 is 30.2 Å². The lowest BCUT2D eigenvalue weighted by Gasteiger charge is -2.32. The lowest BCUT2D eigenvalue weighted by molar-refractivity contribution is 0.340. The number of nitrogens with zero attached hydrogens (tertiary/aromatic N) is 1. The number of hydrogen-bond acceptors (Lipinski definition) is 7. The maximum atomic E-state index is 9.15. The summed E-state index contributed by atoms with van der Waals surface area (Å²) >= 11 is 0. The Morgan fingerprint density at radius 2 is 2.00 bits per heavy atom. The predicted octanol–water partition coefficient (Wildman–Crippen LogP) is 3.54. The fourth-order valence-electron chi connectivity index (χ4n) is 4.45. The van der Waals surface area contributed by atoms with Crippen LogP contribution in [-0.4, -0.2) is 43.6 Å².